The summed E-state index contributed by atoms with van der Waals surface area (Å²) >= 11 is 3.31. The van der Waals surface area contributed by atoms with Gasteiger partial charge in [0.1, 0.15) is 16.9 Å². The smallest absolute Gasteiger partial charge is 0.342 e. The van der Waals surface area contributed by atoms with E-state index in [1.165, 1.54) is 6.92 Å². The highest BCUT2D eigenvalue weighted by Gasteiger charge is 2.22. The van der Waals surface area contributed by atoms with E-state index in [0.717, 1.165) is 5.56 Å². The maximum absolute atomic E-state index is 12.0. The van der Waals surface area contributed by atoms with Crippen molar-refractivity contribution in [1.29, 1.82) is 0 Å². The first-order chi connectivity index (χ1) is 8.73. The summed E-state index contributed by atoms with van der Waals surface area (Å²) in [6.07, 6.45) is 0. The van der Waals surface area contributed by atoms with Crippen LogP contribution in [0.2, 0.25) is 0 Å². The monoisotopic (exact) mass is 328 g/mol. The minimum atomic E-state index is -0.599. The lowest BCUT2D eigenvalue weighted by atomic mass is 10.1. The number of hydrogen-bond donors (Lipinski definition) is 0. The topological polar surface area (TPSA) is 52.6 Å². The second-order valence-corrected chi connectivity index (χ2v) is 5.62. The third-order valence-corrected chi connectivity index (χ3v) is 2.72. The van der Waals surface area contributed by atoms with Crippen molar-refractivity contribution < 1.29 is 19.1 Å². The van der Waals surface area contributed by atoms with E-state index in [-0.39, 0.29) is 11.3 Å². The fourth-order valence-electron chi connectivity index (χ4n) is 1.39. The Kier molecular flexibility index (Phi) is 5.11. The zero-order chi connectivity index (χ0) is 14.6. The Morgan fingerprint density at radius 3 is 2.37 bits per heavy atom. The van der Waals surface area contributed by atoms with Crippen LogP contribution in [-0.4, -0.2) is 17.5 Å². The van der Waals surface area contributed by atoms with Crippen molar-refractivity contribution in [3.63, 3.8) is 0 Å². The Morgan fingerprint density at radius 1 is 1.26 bits per heavy atom. The summed E-state index contributed by atoms with van der Waals surface area (Å²) in [7, 11) is 0. The molecule has 0 aliphatic carbocycles. The Hall–Kier alpha value is -1.36. The molecule has 0 heterocycles. The van der Waals surface area contributed by atoms with Crippen LogP contribution in [-0.2, 0) is 14.9 Å². The number of hydrogen-bond acceptors (Lipinski definition) is 4. The molecular formula is C14H17BrO4. The maximum atomic E-state index is 12.0. The molecule has 0 fully saturated rings. The van der Waals surface area contributed by atoms with Gasteiger partial charge in [-0.3, -0.25) is 4.79 Å². The van der Waals surface area contributed by atoms with Gasteiger partial charge >= 0.3 is 11.9 Å². The summed E-state index contributed by atoms with van der Waals surface area (Å²) in [5.74, 6) is -0.764. The second-order valence-electron chi connectivity index (χ2n) is 5.06. The molecule has 0 aromatic heterocycles. The van der Waals surface area contributed by atoms with Gasteiger partial charge in [-0.05, 0) is 38.5 Å². The summed E-state index contributed by atoms with van der Waals surface area (Å²) in [5.41, 5.74) is 0.553. The average Bonchev–Trinajstić information content (AvgIpc) is 2.25. The first-order valence-electron chi connectivity index (χ1n) is 5.83. The summed E-state index contributed by atoms with van der Waals surface area (Å²) < 4.78 is 10.3. The highest BCUT2D eigenvalue weighted by molar-refractivity contribution is 9.08. The Balaban J connectivity index is 3.11. The fourth-order valence-corrected chi connectivity index (χ4v) is 1.74. The lowest BCUT2D eigenvalue weighted by molar-refractivity contribution is -0.131. The van der Waals surface area contributed by atoms with E-state index in [0.29, 0.717) is 5.33 Å². The fraction of sp³-hybridized carbons (Fsp3) is 0.429. The number of ether oxygens (including phenoxy) is 2. The molecule has 1 aromatic carbocycles. The molecule has 0 radical (unpaired) electrons. The highest BCUT2D eigenvalue weighted by Crippen LogP contribution is 2.24. The predicted molar refractivity (Wildman–Crippen MR) is 75.6 cm³/mol. The van der Waals surface area contributed by atoms with E-state index in [2.05, 4.69) is 15.9 Å². The molecule has 0 N–H and O–H groups in total. The van der Waals surface area contributed by atoms with Gasteiger partial charge in [-0.2, -0.15) is 0 Å². The van der Waals surface area contributed by atoms with Crippen molar-refractivity contribution in [2.75, 3.05) is 0 Å². The molecule has 0 unspecified atom stereocenters. The van der Waals surface area contributed by atoms with E-state index in [4.69, 9.17) is 9.47 Å². The molecule has 0 aliphatic rings. The molecule has 0 aliphatic heterocycles. The van der Waals surface area contributed by atoms with Crippen molar-refractivity contribution in [2.24, 2.45) is 0 Å². The molecule has 1 aromatic rings. The summed E-state index contributed by atoms with van der Waals surface area (Å²) in [6, 6.07) is 5.03. The first-order valence-corrected chi connectivity index (χ1v) is 6.96. The van der Waals surface area contributed by atoms with Crippen LogP contribution in [0.3, 0.4) is 0 Å². The Morgan fingerprint density at radius 2 is 1.89 bits per heavy atom. The number of benzene rings is 1. The standard InChI is InChI=1S/C14H17BrO4/c1-9(16)18-12-7-10(8-15)5-6-11(12)13(17)19-14(2,3)4/h5-7H,8H2,1-4H3. The number of carbonyl (C=O) groups is 2. The lowest BCUT2D eigenvalue weighted by Crippen LogP contribution is -2.24. The molecule has 0 spiro atoms. The molecule has 0 bridgehead atoms. The van der Waals surface area contributed by atoms with E-state index in [1.54, 1.807) is 39.0 Å². The minimum Gasteiger partial charge on any atom is -0.456 e. The van der Waals surface area contributed by atoms with Crippen LogP contribution in [0.1, 0.15) is 43.6 Å². The van der Waals surface area contributed by atoms with Gasteiger partial charge in [-0.1, -0.05) is 22.0 Å². The van der Waals surface area contributed by atoms with Crippen molar-refractivity contribution in [1.82, 2.24) is 0 Å². The number of carbonyl (C=O) groups excluding carboxylic acids is 2. The Labute approximate surface area is 121 Å². The van der Waals surface area contributed by atoms with Gasteiger partial charge in [0.2, 0.25) is 0 Å². The van der Waals surface area contributed by atoms with Gasteiger partial charge in [0.05, 0.1) is 0 Å². The molecule has 4 nitrogen and oxygen atoms in total. The zero-order valence-corrected chi connectivity index (χ0v) is 13.0. The Bertz CT molecular complexity index is 489. The SMILES string of the molecule is CC(=O)Oc1cc(CBr)ccc1C(=O)OC(C)(C)C. The van der Waals surface area contributed by atoms with Crippen LogP contribution in [0.5, 0.6) is 5.75 Å². The minimum absolute atomic E-state index is 0.221. The first kappa shape index (κ1) is 15.7. The van der Waals surface area contributed by atoms with Crippen molar-refractivity contribution in [3.05, 3.63) is 29.3 Å². The van der Waals surface area contributed by atoms with Gasteiger partial charge in [-0.25, -0.2) is 4.79 Å². The van der Waals surface area contributed by atoms with E-state index >= 15 is 0 Å². The molecule has 5 heteroatoms. The van der Waals surface area contributed by atoms with Crippen molar-refractivity contribution in [2.45, 2.75) is 38.6 Å². The summed E-state index contributed by atoms with van der Waals surface area (Å²) in [6.45, 7) is 6.63. The van der Waals surface area contributed by atoms with Gasteiger partial charge in [0.15, 0.2) is 0 Å². The molecule has 0 saturated heterocycles. The average molecular weight is 329 g/mol. The van der Waals surface area contributed by atoms with E-state index in [1.807, 2.05) is 0 Å². The predicted octanol–water partition coefficient (Wildman–Crippen LogP) is 3.46. The van der Waals surface area contributed by atoms with Crippen molar-refractivity contribution in [3.8, 4) is 5.75 Å². The third kappa shape index (κ3) is 5.03. The van der Waals surface area contributed by atoms with Crippen LogP contribution in [0.25, 0.3) is 0 Å². The quantitative estimate of drug-likeness (QED) is 0.484. The van der Waals surface area contributed by atoms with Crippen LogP contribution < -0.4 is 4.74 Å². The number of esters is 2. The molecule has 0 amide bonds. The molecule has 1 rings (SSSR count). The van der Waals surface area contributed by atoms with Gasteiger partial charge < -0.3 is 9.47 Å². The van der Waals surface area contributed by atoms with E-state index in [9.17, 15) is 9.59 Å². The number of halogens is 1. The maximum Gasteiger partial charge on any atom is 0.342 e. The largest absolute Gasteiger partial charge is 0.456 e. The molecule has 19 heavy (non-hydrogen) atoms. The van der Waals surface area contributed by atoms with Gasteiger partial charge in [0, 0.05) is 12.3 Å². The van der Waals surface area contributed by atoms with Crippen LogP contribution in [0, 0.1) is 0 Å². The van der Waals surface area contributed by atoms with Crippen LogP contribution >= 0.6 is 15.9 Å². The molecule has 0 saturated carbocycles. The van der Waals surface area contributed by atoms with Crippen LogP contribution in [0.15, 0.2) is 18.2 Å². The van der Waals surface area contributed by atoms with E-state index < -0.39 is 17.5 Å². The van der Waals surface area contributed by atoms with Crippen LogP contribution in [0.4, 0.5) is 0 Å². The number of rotatable bonds is 3. The van der Waals surface area contributed by atoms with Gasteiger partial charge in [0.25, 0.3) is 0 Å². The molecule has 104 valence electrons. The normalized spacial score (nSPS) is 11.0. The second kappa shape index (κ2) is 6.19. The summed E-state index contributed by atoms with van der Waals surface area (Å²) in [5, 5.41) is 0.607. The molecular weight excluding hydrogens is 312 g/mol. The third-order valence-electron chi connectivity index (χ3n) is 2.07. The highest BCUT2D eigenvalue weighted by atomic mass is 79.9. The summed E-state index contributed by atoms with van der Waals surface area (Å²) in [4.78, 5) is 23.1. The number of alkyl halides is 1. The van der Waals surface area contributed by atoms with Gasteiger partial charge in [-0.15, -0.1) is 0 Å². The lowest BCUT2D eigenvalue weighted by Gasteiger charge is -2.20. The molecule has 0 atom stereocenters. The van der Waals surface area contributed by atoms with Crippen molar-refractivity contribution >= 4 is 27.9 Å². The zero-order valence-electron chi connectivity index (χ0n) is 11.5.